The highest BCUT2D eigenvalue weighted by atomic mass is 16.3. The van der Waals surface area contributed by atoms with Crippen LogP contribution in [0, 0.1) is 0 Å². The van der Waals surface area contributed by atoms with E-state index in [-0.39, 0.29) is 0 Å². The Morgan fingerprint density at radius 2 is 1.86 bits per heavy atom. The molecule has 0 aromatic heterocycles. The van der Waals surface area contributed by atoms with Crippen LogP contribution in [0.1, 0.15) is 18.6 Å². The maximum Gasteiger partial charge on any atom is 0.118 e. The van der Waals surface area contributed by atoms with E-state index in [1.807, 2.05) is 62.3 Å². The summed E-state index contributed by atoms with van der Waals surface area (Å²) >= 11 is 0. The molecule has 1 rings (SSSR count). The van der Waals surface area contributed by atoms with Crippen LogP contribution < -0.4 is 0 Å². The van der Waals surface area contributed by atoms with E-state index in [9.17, 15) is 5.11 Å². The second-order valence-corrected chi connectivity index (χ2v) is 3.42. The molecule has 1 N–H and O–H groups in total. The Hall–Kier alpha value is -1.28. The first-order valence-corrected chi connectivity index (χ1v) is 4.73. The van der Waals surface area contributed by atoms with Crippen LogP contribution >= 0.6 is 0 Å². The molecule has 0 heterocycles. The Kier molecular flexibility index (Phi) is 3.72. The highest BCUT2D eigenvalue weighted by Crippen LogP contribution is 2.22. The number of aliphatic hydroxyl groups excluding tert-OH is 1. The number of rotatable bonds is 3. The Bertz CT molecular complexity index is 303. The number of aliphatic hydroxyl groups is 1. The smallest absolute Gasteiger partial charge is 0.118 e. The summed E-state index contributed by atoms with van der Waals surface area (Å²) in [5.74, 6) is 0. The molecule has 0 saturated carbocycles. The zero-order valence-corrected chi connectivity index (χ0v) is 8.94. The van der Waals surface area contributed by atoms with E-state index >= 15 is 0 Å². The largest absolute Gasteiger partial charge is 0.382 e. The Balaban J connectivity index is 2.90. The number of allylic oxidation sites excluding steroid dienone is 1. The average Bonchev–Trinajstić information content (AvgIpc) is 2.19. The van der Waals surface area contributed by atoms with Gasteiger partial charge < -0.3 is 10.0 Å². The van der Waals surface area contributed by atoms with E-state index in [4.69, 9.17) is 0 Å². The minimum Gasteiger partial charge on any atom is -0.382 e. The average molecular weight is 191 g/mol. The summed E-state index contributed by atoms with van der Waals surface area (Å²) in [5, 5.41) is 10.0. The van der Waals surface area contributed by atoms with Crippen molar-refractivity contribution >= 4 is 0 Å². The maximum atomic E-state index is 10.0. The molecule has 0 aliphatic rings. The Labute approximate surface area is 85.5 Å². The van der Waals surface area contributed by atoms with Crippen molar-refractivity contribution in [1.82, 2.24) is 4.90 Å². The summed E-state index contributed by atoms with van der Waals surface area (Å²) in [5.41, 5.74) is 1.84. The molecule has 0 spiro atoms. The summed E-state index contributed by atoms with van der Waals surface area (Å²) in [4.78, 5) is 1.93. The molecule has 14 heavy (non-hydrogen) atoms. The molecular formula is C12H17NO. The zero-order valence-electron chi connectivity index (χ0n) is 8.94. The molecule has 0 aliphatic carbocycles. The fraction of sp³-hybridized carbons (Fsp3) is 0.333. The van der Waals surface area contributed by atoms with Crippen molar-refractivity contribution in [2.75, 3.05) is 14.1 Å². The van der Waals surface area contributed by atoms with E-state index in [0.29, 0.717) is 0 Å². The van der Waals surface area contributed by atoms with Crippen LogP contribution in [0.5, 0.6) is 0 Å². The van der Waals surface area contributed by atoms with Gasteiger partial charge in [0.05, 0.1) is 0 Å². The summed E-state index contributed by atoms with van der Waals surface area (Å²) in [6.45, 7) is 1.93. The molecule has 1 aromatic carbocycles. The van der Waals surface area contributed by atoms with Gasteiger partial charge in [-0.1, -0.05) is 36.4 Å². The summed E-state index contributed by atoms with van der Waals surface area (Å²) in [6.07, 6.45) is 1.40. The van der Waals surface area contributed by atoms with Gasteiger partial charge in [-0.15, -0.1) is 0 Å². The summed E-state index contributed by atoms with van der Waals surface area (Å²) in [7, 11) is 3.86. The number of nitrogens with zero attached hydrogens (tertiary/aromatic N) is 1. The van der Waals surface area contributed by atoms with Gasteiger partial charge in [0.1, 0.15) is 6.10 Å². The first-order chi connectivity index (χ1) is 6.66. The summed E-state index contributed by atoms with van der Waals surface area (Å²) in [6, 6.07) is 9.67. The minimum atomic E-state index is -0.531. The van der Waals surface area contributed by atoms with Crippen LogP contribution in [-0.2, 0) is 0 Å². The molecule has 0 fully saturated rings. The molecule has 1 atom stereocenters. The molecular weight excluding hydrogens is 174 g/mol. The van der Waals surface area contributed by atoms with E-state index in [0.717, 1.165) is 11.3 Å². The third-order valence-corrected chi connectivity index (χ3v) is 2.21. The number of benzene rings is 1. The lowest BCUT2D eigenvalue weighted by Gasteiger charge is -2.22. The van der Waals surface area contributed by atoms with Gasteiger partial charge in [0, 0.05) is 19.8 Å². The predicted octanol–water partition coefficient (Wildman–Crippen LogP) is 2.19. The molecule has 2 heteroatoms. The number of hydrogen-bond acceptors (Lipinski definition) is 2. The van der Waals surface area contributed by atoms with Crippen molar-refractivity contribution in [1.29, 1.82) is 0 Å². The van der Waals surface area contributed by atoms with E-state index in [2.05, 4.69) is 0 Å². The van der Waals surface area contributed by atoms with Gasteiger partial charge in [0.15, 0.2) is 0 Å². The second kappa shape index (κ2) is 4.82. The molecule has 0 bridgehead atoms. The van der Waals surface area contributed by atoms with Gasteiger partial charge in [-0.25, -0.2) is 0 Å². The Morgan fingerprint density at radius 1 is 1.29 bits per heavy atom. The van der Waals surface area contributed by atoms with Gasteiger partial charge in [0.2, 0.25) is 0 Å². The Morgan fingerprint density at radius 3 is 2.29 bits per heavy atom. The molecule has 2 nitrogen and oxygen atoms in total. The van der Waals surface area contributed by atoms with Crippen molar-refractivity contribution in [2.24, 2.45) is 0 Å². The van der Waals surface area contributed by atoms with Crippen LogP contribution in [0.4, 0.5) is 0 Å². The second-order valence-electron chi connectivity index (χ2n) is 3.42. The lowest BCUT2D eigenvalue weighted by atomic mass is 10.1. The lowest BCUT2D eigenvalue weighted by Crippen LogP contribution is -2.17. The van der Waals surface area contributed by atoms with Gasteiger partial charge >= 0.3 is 0 Å². The van der Waals surface area contributed by atoms with Crippen molar-refractivity contribution in [3.63, 3.8) is 0 Å². The maximum absolute atomic E-state index is 10.0. The lowest BCUT2D eigenvalue weighted by molar-refractivity contribution is 0.182. The topological polar surface area (TPSA) is 23.5 Å². The third kappa shape index (κ3) is 2.36. The predicted molar refractivity (Wildman–Crippen MR) is 58.8 cm³/mol. The molecule has 1 unspecified atom stereocenters. The minimum absolute atomic E-state index is 0.531. The monoisotopic (exact) mass is 191 g/mol. The van der Waals surface area contributed by atoms with E-state index < -0.39 is 6.10 Å². The van der Waals surface area contributed by atoms with Gasteiger partial charge in [-0.3, -0.25) is 0 Å². The van der Waals surface area contributed by atoms with Crippen LogP contribution in [0.3, 0.4) is 0 Å². The molecule has 0 saturated heterocycles. The molecule has 0 amide bonds. The third-order valence-electron chi connectivity index (χ3n) is 2.21. The van der Waals surface area contributed by atoms with Gasteiger partial charge in [0.25, 0.3) is 0 Å². The van der Waals surface area contributed by atoms with Crippen molar-refractivity contribution in [2.45, 2.75) is 13.0 Å². The van der Waals surface area contributed by atoms with Crippen molar-refractivity contribution in [3.8, 4) is 0 Å². The van der Waals surface area contributed by atoms with Crippen molar-refractivity contribution in [3.05, 3.63) is 47.7 Å². The first kappa shape index (κ1) is 10.8. The molecule has 1 aromatic rings. The fourth-order valence-electron chi connectivity index (χ4n) is 1.47. The highest BCUT2D eigenvalue weighted by Gasteiger charge is 2.13. The SMILES string of the molecule is C/C=C(/C(O)c1ccccc1)N(C)C. The van der Waals surface area contributed by atoms with Crippen LogP contribution in [0.25, 0.3) is 0 Å². The number of likely N-dealkylation sites (N-methyl/N-ethyl adjacent to an activating group) is 1. The van der Waals surface area contributed by atoms with Gasteiger partial charge in [-0.2, -0.15) is 0 Å². The van der Waals surface area contributed by atoms with Crippen molar-refractivity contribution < 1.29 is 5.11 Å². The zero-order chi connectivity index (χ0) is 10.6. The van der Waals surface area contributed by atoms with Gasteiger partial charge in [-0.05, 0) is 12.5 Å². The first-order valence-electron chi connectivity index (χ1n) is 4.73. The quantitative estimate of drug-likeness (QED) is 0.791. The summed E-state index contributed by atoms with van der Waals surface area (Å²) < 4.78 is 0. The molecule has 76 valence electrons. The van der Waals surface area contributed by atoms with Crippen LogP contribution in [0.2, 0.25) is 0 Å². The van der Waals surface area contributed by atoms with Crippen LogP contribution in [0.15, 0.2) is 42.1 Å². The van der Waals surface area contributed by atoms with E-state index in [1.54, 1.807) is 0 Å². The fourth-order valence-corrected chi connectivity index (χ4v) is 1.47. The van der Waals surface area contributed by atoms with E-state index in [1.165, 1.54) is 0 Å². The standard InChI is InChI=1S/C12H17NO/c1-4-11(13(2)3)12(14)10-8-6-5-7-9-10/h4-9,12,14H,1-3H3/b11-4-. The number of hydrogen-bond donors (Lipinski definition) is 1. The molecule has 0 radical (unpaired) electrons. The van der Waals surface area contributed by atoms with Crippen LogP contribution in [-0.4, -0.2) is 24.1 Å². The molecule has 0 aliphatic heterocycles. The highest BCUT2D eigenvalue weighted by molar-refractivity contribution is 5.24. The normalized spacial score (nSPS) is 13.9.